The molecule has 0 heterocycles. The van der Waals surface area contributed by atoms with E-state index in [1.165, 1.54) is 0 Å². The normalized spacial score (nSPS) is 11.1. The van der Waals surface area contributed by atoms with Crippen molar-refractivity contribution < 1.29 is 31.9 Å². The first-order valence-corrected chi connectivity index (χ1v) is 12.8. The van der Waals surface area contributed by atoms with E-state index in [1.54, 1.807) is 50.6 Å². The average molecular weight is 507 g/mol. The Bertz CT molecular complexity index is 1450. The molecule has 186 valence electrons. The minimum Gasteiger partial charge on any atom is -0.504 e. The van der Waals surface area contributed by atoms with Gasteiger partial charge >= 0.3 is 10.1 Å². The van der Waals surface area contributed by atoms with Crippen molar-refractivity contribution in [1.82, 2.24) is 0 Å². The summed E-state index contributed by atoms with van der Waals surface area (Å²) in [5.74, 6) is 1.75. The summed E-state index contributed by atoms with van der Waals surface area (Å²) in [4.78, 5) is 0. The number of benzene rings is 4. The Balaban J connectivity index is 1.63. The largest absolute Gasteiger partial charge is 0.504 e. The molecule has 8 heteroatoms. The number of hydrogen-bond donors (Lipinski definition) is 1. The van der Waals surface area contributed by atoms with Crippen LogP contribution in [0.1, 0.15) is 5.56 Å². The van der Waals surface area contributed by atoms with Crippen LogP contribution in [-0.4, -0.2) is 34.0 Å². The summed E-state index contributed by atoms with van der Waals surface area (Å²) >= 11 is 0. The lowest BCUT2D eigenvalue weighted by atomic mass is 9.97. The Kier molecular flexibility index (Phi) is 7.36. The molecule has 0 aliphatic heterocycles. The zero-order valence-corrected chi connectivity index (χ0v) is 20.9. The smallest absolute Gasteiger partial charge is 0.306 e. The van der Waals surface area contributed by atoms with Crippen LogP contribution in [0.25, 0.3) is 22.3 Å². The van der Waals surface area contributed by atoms with E-state index < -0.39 is 10.1 Å². The van der Waals surface area contributed by atoms with Gasteiger partial charge < -0.3 is 23.5 Å². The summed E-state index contributed by atoms with van der Waals surface area (Å²) in [5, 5.41) is 10.6. The topological polar surface area (TPSA) is 91.3 Å². The summed E-state index contributed by atoms with van der Waals surface area (Å²) in [6.45, 7) is 0.341. The van der Waals surface area contributed by atoms with Gasteiger partial charge in [0.25, 0.3) is 0 Å². The molecule has 4 aromatic carbocycles. The van der Waals surface area contributed by atoms with Gasteiger partial charge in [-0.3, -0.25) is 0 Å². The third kappa shape index (κ3) is 5.90. The van der Waals surface area contributed by atoms with Crippen LogP contribution in [0.5, 0.6) is 28.7 Å². The number of hydrogen-bond acceptors (Lipinski definition) is 7. The molecule has 4 rings (SSSR count). The molecule has 0 atom stereocenters. The fraction of sp³-hybridized carbons (Fsp3) is 0.143. The number of rotatable bonds is 9. The highest BCUT2D eigenvalue weighted by molar-refractivity contribution is 7.86. The molecule has 0 aromatic heterocycles. The molecule has 0 aliphatic carbocycles. The summed E-state index contributed by atoms with van der Waals surface area (Å²) in [7, 11) is -0.485. The Hall–Kier alpha value is -4.17. The van der Waals surface area contributed by atoms with E-state index in [0.717, 1.165) is 34.1 Å². The van der Waals surface area contributed by atoms with Crippen molar-refractivity contribution in [3.05, 3.63) is 90.5 Å². The Morgan fingerprint density at radius 1 is 0.722 bits per heavy atom. The minimum atomic E-state index is -3.61. The maximum absolute atomic E-state index is 11.4. The summed E-state index contributed by atoms with van der Waals surface area (Å²) in [6, 6.07) is 25.2. The molecule has 0 saturated heterocycles. The van der Waals surface area contributed by atoms with Crippen LogP contribution in [0.15, 0.2) is 84.9 Å². The van der Waals surface area contributed by atoms with Crippen molar-refractivity contribution in [3.8, 4) is 51.0 Å². The second kappa shape index (κ2) is 10.6. The van der Waals surface area contributed by atoms with Crippen LogP contribution in [0, 0.1) is 0 Å². The third-order valence-electron chi connectivity index (χ3n) is 5.44. The van der Waals surface area contributed by atoms with Gasteiger partial charge in [-0.1, -0.05) is 48.5 Å². The monoisotopic (exact) mass is 506 g/mol. The van der Waals surface area contributed by atoms with E-state index in [0.29, 0.717) is 23.9 Å². The molecule has 0 amide bonds. The second-order valence-electron chi connectivity index (χ2n) is 8.02. The molecule has 0 radical (unpaired) electrons. The number of methoxy groups -OCH3 is 2. The van der Waals surface area contributed by atoms with Crippen LogP contribution in [0.2, 0.25) is 0 Å². The molecule has 0 fully saturated rings. The number of aromatic hydroxyl groups is 1. The van der Waals surface area contributed by atoms with E-state index in [4.69, 9.17) is 18.4 Å². The Morgan fingerprint density at radius 2 is 1.31 bits per heavy atom. The molecular formula is C28H26O7S. The number of phenolic OH excluding ortho intramolecular Hbond substituents is 1. The standard InChI is InChI=1S/C28H26O7S/c1-32-27-17-24(21-11-14-26(25(29)15-21)34-18-19-7-5-4-6-8-19)28(33-2)16-23(27)20-9-12-22(13-10-20)35-36(3,30)31/h4-17,29H,18H2,1-3H3. The van der Waals surface area contributed by atoms with Gasteiger partial charge in [-0.15, -0.1) is 0 Å². The van der Waals surface area contributed by atoms with E-state index in [9.17, 15) is 13.5 Å². The predicted octanol–water partition coefficient (Wildman–Crippen LogP) is 5.66. The lowest BCUT2D eigenvalue weighted by Gasteiger charge is -2.16. The lowest BCUT2D eigenvalue weighted by molar-refractivity contribution is 0.289. The van der Waals surface area contributed by atoms with E-state index in [-0.39, 0.29) is 11.5 Å². The first kappa shape index (κ1) is 24.9. The minimum absolute atomic E-state index is 0.00925. The zero-order valence-electron chi connectivity index (χ0n) is 20.1. The molecule has 0 unspecified atom stereocenters. The number of phenols is 1. The van der Waals surface area contributed by atoms with Gasteiger partial charge in [-0.05, 0) is 53.1 Å². The molecule has 0 aliphatic rings. The van der Waals surface area contributed by atoms with Crippen molar-refractivity contribution in [3.63, 3.8) is 0 Å². The maximum Gasteiger partial charge on any atom is 0.306 e. The third-order valence-corrected chi connectivity index (χ3v) is 5.94. The van der Waals surface area contributed by atoms with Gasteiger partial charge in [0.05, 0.1) is 20.5 Å². The van der Waals surface area contributed by atoms with Gasteiger partial charge in [-0.25, -0.2) is 0 Å². The van der Waals surface area contributed by atoms with Gasteiger partial charge in [0.15, 0.2) is 11.5 Å². The molecular weight excluding hydrogens is 480 g/mol. The van der Waals surface area contributed by atoms with Gasteiger partial charge in [-0.2, -0.15) is 8.42 Å². The summed E-state index contributed by atoms with van der Waals surface area (Å²) in [5.41, 5.74) is 3.97. The van der Waals surface area contributed by atoms with Crippen LogP contribution >= 0.6 is 0 Å². The fourth-order valence-electron chi connectivity index (χ4n) is 3.76. The fourth-order valence-corrected chi connectivity index (χ4v) is 4.22. The highest BCUT2D eigenvalue weighted by Crippen LogP contribution is 2.43. The van der Waals surface area contributed by atoms with Gasteiger partial charge in [0.1, 0.15) is 23.9 Å². The predicted molar refractivity (Wildman–Crippen MR) is 138 cm³/mol. The van der Waals surface area contributed by atoms with Crippen molar-refractivity contribution in [2.24, 2.45) is 0 Å². The van der Waals surface area contributed by atoms with Crippen LogP contribution in [-0.2, 0) is 16.7 Å². The lowest BCUT2D eigenvalue weighted by Crippen LogP contribution is -2.05. The Labute approximate surface area is 210 Å². The summed E-state index contributed by atoms with van der Waals surface area (Å²) < 4.78 is 44.7. The van der Waals surface area contributed by atoms with Crippen molar-refractivity contribution >= 4 is 10.1 Å². The van der Waals surface area contributed by atoms with E-state index in [2.05, 4.69) is 0 Å². The van der Waals surface area contributed by atoms with Crippen LogP contribution in [0.4, 0.5) is 0 Å². The van der Waals surface area contributed by atoms with Gasteiger partial charge in [0.2, 0.25) is 0 Å². The molecule has 36 heavy (non-hydrogen) atoms. The summed E-state index contributed by atoms with van der Waals surface area (Å²) in [6.07, 6.45) is 0.993. The number of ether oxygens (including phenoxy) is 3. The highest BCUT2D eigenvalue weighted by atomic mass is 32.2. The SMILES string of the molecule is COc1cc(-c2ccc(OCc3ccccc3)c(O)c2)c(OC)cc1-c1ccc(OS(C)(=O)=O)cc1. The van der Waals surface area contributed by atoms with Crippen LogP contribution in [0.3, 0.4) is 0 Å². The highest BCUT2D eigenvalue weighted by Gasteiger charge is 2.16. The van der Waals surface area contributed by atoms with Gasteiger partial charge in [0, 0.05) is 11.1 Å². The van der Waals surface area contributed by atoms with E-state index in [1.807, 2.05) is 48.5 Å². The molecule has 0 saturated carbocycles. The van der Waals surface area contributed by atoms with Crippen molar-refractivity contribution in [2.75, 3.05) is 20.5 Å². The van der Waals surface area contributed by atoms with Crippen LogP contribution < -0.4 is 18.4 Å². The van der Waals surface area contributed by atoms with E-state index >= 15 is 0 Å². The molecule has 4 aromatic rings. The maximum atomic E-state index is 11.4. The molecule has 7 nitrogen and oxygen atoms in total. The zero-order chi connectivity index (χ0) is 25.7. The first-order valence-electron chi connectivity index (χ1n) is 11.0. The Morgan fingerprint density at radius 3 is 1.86 bits per heavy atom. The van der Waals surface area contributed by atoms with Crippen molar-refractivity contribution in [2.45, 2.75) is 6.61 Å². The van der Waals surface area contributed by atoms with Crippen molar-refractivity contribution in [1.29, 1.82) is 0 Å². The second-order valence-corrected chi connectivity index (χ2v) is 9.60. The molecule has 1 N–H and O–H groups in total. The molecule has 0 bridgehead atoms. The average Bonchev–Trinajstić information content (AvgIpc) is 2.87. The first-order chi connectivity index (χ1) is 17.3. The molecule has 0 spiro atoms. The quantitative estimate of drug-likeness (QED) is 0.293.